The molecule has 0 unspecified atom stereocenters. The average Bonchev–Trinajstić information content (AvgIpc) is 2.16. The standard InChI is InChI=1S/C11H17N3O2/c1-7-6-9(16-5-3-4-12)10(11(13)15)8(2)14-7/h6H,3-5,12H2,1-2H3,(H2,13,15). The predicted octanol–water partition coefficient (Wildman–Crippen LogP) is 0.525. The van der Waals surface area contributed by atoms with E-state index < -0.39 is 5.91 Å². The molecule has 1 aromatic heterocycles. The largest absolute Gasteiger partial charge is 0.493 e. The zero-order valence-corrected chi connectivity index (χ0v) is 9.62. The number of aryl methyl sites for hydroxylation is 2. The summed E-state index contributed by atoms with van der Waals surface area (Å²) in [5.74, 6) is -0.0290. The number of carbonyl (C=O) groups excluding carboxylic acids is 1. The number of hydrogen-bond donors (Lipinski definition) is 2. The van der Waals surface area contributed by atoms with E-state index in [0.29, 0.717) is 30.2 Å². The molecule has 0 saturated carbocycles. The quantitative estimate of drug-likeness (QED) is 0.712. The number of amides is 1. The van der Waals surface area contributed by atoms with Gasteiger partial charge >= 0.3 is 0 Å². The second-order valence-electron chi connectivity index (χ2n) is 3.58. The van der Waals surface area contributed by atoms with Gasteiger partial charge in [0.25, 0.3) is 5.91 Å². The van der Waals surface area contributed by atoms with Gasteiger partial charge in [-0.2, -0.15) is 0 Å². The summed E-state index contributed by atoms with van der Waals surface area (Å²) in [6, 6.07) is 1.71. The number of ether oxygens (including phenoxy) is 1. The van der Waals surface area contributed by atoms with Gasteiger partial charge in [0.15, 0.2) is 0 Å². The van der Waals surface area contributed by atoms with Crippen LogP contribution in [0.3, 0.4) is 0 Å². The minimum atomic E-state index is -0.521. The molecule has 88 valence electrons. The van der Waals surface area contributed by atoms with Crippen molar-refractivity contribution in [3.8, 4) is 5.75 Å². The first-order valence-corrected chi connectivity index (χ1v) is 5.17. The van der Waals surface area contributed by atoms with Gasteiger partial charge in [-0.3, -0.25) is 9.78 Å². The summed E-state index contributed by atoms with van der Waals surface area (Å²) in [5, 5.41) is 0. The molecule has 0 saturated heterocycles. The Balaban J connectivity index is 2.99. The lowest BCUT2D eigenvalue weighted by Gasteiger charge is -2.11. The van der Waals surface area contributed by atoms with Gasteiger partial charge in [0.05, 0.1) is 12.3 Å². The third-order valence-corrected chi connectivity index (χ3v) is 2.14. The number of carbonyl (C=O) groups is 1. The van der Waals surface area contributed by atoms with Crippen molar-refractivity contribution in [2.24, 2.45) is 11.5 Å². The molecule has 0 bridgehead atoms. The van der Waals surface area contributed by atoms with Crippen LogP contribution in [0.4, 0.5) is 0 Å². The first kappa shape index (κ1) is 12.4. The van der Waals surface area contributed by atoms with Crippen molar-refractivity contribution in [2.75, 3.05) is 13.2 Å². The van der Waals surface area contributed by atoms with Gasteiger partial charge in [-0.05, 0) is 26.8 Å². The van der Waals surface area contributed by atoms with E-state index in [1.54, 1.807) is 13.0 Å². The minimum Gasteiger partial charge on any atom is -0.493 e. The maximum atomic E-state index is 11.3. The summed E-state index contributed by atoms with van der Waals surface area (Å²) in [7, 11) is 0. The molecule has 1 amide bonds. The van der Waals surface area contributed by atoms with Crippen LogP contribution in [0.2, 0.25) is 0 Å². The summed E-state index contributed by atoms with van der Waals surface area (Å²) in [4.78, 5) is 15.4. The Morgan fingerprint density at radius 3 is 2.75 bits per heavy atom. The highest BCUT2D eigenvalue weighted by molar-refractivity contribution is 5.96. The number of pyridine rings is 1. The van der Waals surface area contributed by atoms with E-state index in [-0.39, 0.29) is 0 Å². The van der Waals surface area contributed by atoms with Crippen molar-refractivity contribution in [3.63, 3.8) is 0 Å². The lowest BCUT2D eigenvalue weighted by atomic mass is 10.1. The Kier molecular flexibility index (Phi) is 4.25. The number of hydrogen-bond acceptors (Lipinski definition) is 4. The predicted molar refractivity (Wildman–Crippen MR) is 61.4 cm³/mol. The molecule has 1 heterocycles. The van der Waals surface area contributed by atoms with Crippen LogP contribution in [-0.2, 0) is 0 Å². The van der Waals surface area contributed by atoms with Gasteiger partial charge in [0.1, 0.15) is 11.3 Å². The van der Waals surface area contributed by atoms with Gasteiger partial charge in [-0.25, -0.2) is 0 Å². The molecular weight excluding hydrogens is 206 g/mol. The van der Waals surface area contributed by atoms with Crippen molar-refractivity contribution in [3.05, 3.63) is 23.0 Å². The van der Waals surface area contributed by atoms with Crippen molar-refractivity contribution in [1.29, 1.82) is 0 Å². The van der Waals surface area contributed by atoms with E-state index >= 15 is 0 Å². The van der Waals surface area contributed by atoms with Crippen molar-refractivity contribution in [2.45, 2.75) is 20.3 Å². The Morgan fingerprint density at radius 1 is 1.50 bits per heavy atom. The lowest BCUT2D eigenvalue weighted by molar-refractivity contribution is 0.0995. The zero-order chi connectivity index (χ0) is 12.1. The molecule has 1 rings (SSSR count). The monoisotopic (exact) mass is 223 g/mol. The molecule has 16 heavy (non-hydrogen) atoms. The molecule has 0 fully saturated rings. The summed E-state index contributed by atoms with van der Waals surface area (Å²) < 4.78 is 5.48. The summed E-state index contributed by atoms with van der Waals surface area (Å²) in [5.41, 5.74) is 12.4. The molecule has 0 radical (unpaired) electrons. The van der Waals surface area contributed by atoms with Crippen LogP contribution in [0.25, 0.3) is 0 Å². The molecule has 0 atom stereocenters. The van der Waals surface area contributed by atoms with Crippen molar-refractivity contribution in [1.82, 2.24) is 4.98 Å². The average molecular weight is 223 g/mol. The SMILES string of the molecule is Cc1cc(OCCCN)c(C(N)=O)c(C)n1. The van der Waals surface area contributed by atoms with Crippen LogP contribution >= 0.6 is 0 Å². The third kappa shape index (κ3) is 2.93. The third-order valence-electron chi connectivity index (χ3n) is 2.14. The minimum absolute atomic E-state index is 0.350. The number of aromatic nitrogens is 1. The van der Waals surface area contributed by atoms with E-state index in [0.717, 1.165) is 12.1 Å². The number of nitrogens with two attached hydrogens (primary N) is 2. The molecule has 0 aliphatic carbocycles. The lowest BCUT2D eigenvalue weighted by Crippen LogP contribution is -2.17. The van der Waals surface area contributed by atoms with Crippen LogP contribution in [0.1, 0.15) is 28.2 Å². The normalized spacial score (nSPS) is 10.2. The molecule has 5 heteroatoms. The Labute approximate surface area is 94.8 Å². The fourth-order valence-electron chi connectivity index (χ4n) is 1.47. The van der Waals surface area contributed by atoms with E-state index in [9.17, 15) is 4.79 Å². The second kappa shape index (κ2) is 5.46. The maximum Gasteiger partial charge on any atom is 0.254 e. The molecule has 4 N–H and O–H groups in total. The molecule has 0 aliphatic rings. The molecule has 1 aromatic rings. The highest BCUT2D eigenvalue weighted by atomic mass is 16.5. The van der Waals surface area contributed by atoms with Crippen molar-refractivity contribution < 1.29 is 9.53 Å². The Bertz CT molecular complexity index is 391. The van der Waals surface area contributed by atoms with Crippen molar-refractivity contribution >= 4 is 5.91 Å². The number of primary amides is 1. The summed E-state index contributed by atoms with van der Waals surface area (Å²) >= 11 is 0. The smallest absolute Gasteiger partial charge is 0.254 e. The van der Waals surface area contributed by atoms with Crippen LogP contribution < -0.4 is 16.2 Å². The summed E-state index contributed by atoms with van der Waals surface area (Å²) in [6.45, 7) is 4.60. The highest BCUT2D eigenvalue weighted by Crippen LogP contribution is 2.21. The molecule has 5 nitrogen and oxygen atoms in total. The van der Waals surface area contributed by atoms with Crippen LogP contribution in [0.15, 0.2) is 6.07 Å². The Morgan fingerprint density at radius 2 is 2.19 bits per heavy atom. The summed E-state index contributed by atoms with van der Waals surface area (Å²) in [6.07, 6.45) is 0.735. The van der Waals surface area contributed by atoms with E-state index in [1.165, 1.54) is 0 Å². The number of rotatable bonds is 5. The van der Waals surface area contributed by atoms with Crippen LogP contribution in [-0.4, -0.2) is 24.0 Å². The van der Waals surface area contributed by atoms with E-state index in [1.807, 2.05) is 6.92 Å². The van der Waals surface area contributed by atoms with Gasteiger partial charge in [-0.1, -0.05) is 0 Å². The topological polar surface area (TPSA) is 91.2 Å². The van der Waals surface area contributed by atoms with Gasteiger partial charge < -0.3 is 16.2 Å². The van der Waals surface area contributed by atoms with E-state index in [2.05, 4.69) is 4.98 Å². The van der Waals surface area contributed by atoms with E-state index in [4.69, 9.17) is 16.2 Å². The molecule has 0 spiro atoms. The molecular formula is C11H17N3O2. The molecule has 0 aromatic carbocycles. The first-order valence-electron chi connectivity index (χ1n) is 5.17. The molecule has 0 aliphatic heterocycles. The van der Waals surface area contributed by atoms with Crippen LogP contribution in [0, 0.1) is 13.8 Å². The van der Waals surface area contributed by atoms with Gasteiger partial charge in [0, 0.05) is 11.8 Å². The number of nitrogens with zero attached hydrogens (tertiary/aromatic N) is 1. The van der Waals surface area contributed by atoms with Gasteiger partial charge in [0.2, 0.25) is 0 Å². The second-order valence-corrected chi connectivity index (χ2v) is 3.58. The zero-order valence-electron chi connectivity index (χ0n) is 9.62. The fraction of sp³-hybridized carbons (Fsp3) is 0.455. The fourth-order valence-corrected chi connectivity index (χ4v) is 1.47. The first-order chi connectivity index (χ1) is 7.56. The highest BCUT2D eigenvalue weighted by Gasteiger charge is 2.14. The van der Waals surface area contributed by atoms with Crippen LogP contribution in [0.5, 0.6) is 5.75 Å². The Hall–Kier alpha value is -1.62. The van der Waals surface area contributed by atoms with Gasteiger partial charge in [-0.15, -0.1) is 0 Å². The maximum absolute atomic E-state index is 11.3.